The van der Waals surface area contributed by atoms with E-state index in [1.165, 1.54) is 14.0 Å². The van der Waals surface area contributed by atoms with E-state index in [-0.39, 0.29) is 35.7 Å². The first kappa shape index (κ1) is 22.5. The topological polar surface area (TPSA) is 140 Å². The lowest BCUT2D eigenvalue weighted by Crippen LogP contribution is -2.57. The van der Waals surface area contributed by atoms with Gasteiger partial charge in [0.05, 0.1) is 24.4 Å². The molecule has 1 saturated heterocycles. The number of carbonyl (C=O) groups excluding carboxylic acids is 3. The molecule has 9 heteroatoms. The van der Waals surface area contributed by atoms with Gasteiger partial charge in [-0.3, -0.25) is 9.59 Å². The van der Waals surface area contributed by atoms with Crippen LogP contribution in [0.4, 0.5) is 0 Å². The summed E-state index contributed by atoms with van der Waals surface area (Å²) < 4.78 is 16.5. The average molecular weight is 448 g/mol. The number of methoxy groups -OCH3 is 1. The summed E-state index contributed by atoms with van der Waals surface area (Å²) in [5.74, 6) is -3.20. The van der Waals surface area contributed by atoms with Gasteiger partial charge in [0, 0.05) is 30.6 Å². The van der Waals surface area contributed by atoms with Crippen LogP contribution < -0.4 is 0 Å². The molecule has 3 aliphatic carbocycles. The van der Waals surface area contributed by atoms with Crippen LogP contribution in [0.5, 0.6) is 0 Å². The molecule has 6 atom stereocenters. The highest BCUT2D eigenvalue weighted by molar-refractivity contribution is 6.13. The van der Waals surface area contributed by atoms with Gasteiger partial charge in [-0.25, -0.2) is 4.79 Å². The van der Waals surface area contributed by atoms with Crippen molar-refractivity contribution >= 4 is 17.7 Å². The number of aliphatic hydroxyl groups excluding tert-OH is 3. The van der Waals surface area contributed by atoms with Gasteiger partial charge < -0.3 is 29.5 Å². The minimum atomic E-state index is -1.30. The summed E-state index contributed by atoms with van der Waals surface area (Å²) in [6, 6.07) is 0. The molecule has 2 fully saturated rings. The van der Waals surface area contributed by atoms with E-state index in [9.17, 15) is 29.7 Å². The number of ketones is 1. The summed E-state index contributed by atoms with van der Waals surface area (Å²) in [5, 5.41) is 31.6. The summed E-state index contributed by atoms with van der Waals surface area (Å²) in [6.07, 6.45) is -0.798. The van der Waals surface area contributed by atoms with Gasteiger partial charge in [0.2, 0.25) is 5.78 Å². The Morgan fingerprint density at radius 1 is 1.28 bits per heavy atom. The Morgan fingerprint density at radius 3 is 2.56 bits per heavy atom. The molecule has 0 aromatic rings. The highest BCUT2D eigenvalue weighted by atomic mass is 16.6. The quantitative estimate of drug-likeness (QED) is 0.335. The lowest BCUT2D eigenvalue weighted by molar-refractivity contribution is -0.161. The number of aliphatic hydroxyl groups is 3. The fourth-order valence-electron chi connectivity index (χ4n) is 6.27. The van der Waals surface area contributed by atoms with E-state index in [4.69, 9.17) is 14.2 Å². The summed E-state index contributed by atoms with van der Waals surface area (Å²) in [4.78, 5) is 38.1. The number of hydrogen-bond acceptors (Lipinski definition) is 9. The molecular weight excluding hydrogens is 420 g/mol. The molecule has 1 heterocycles. The van der Waals surface area contributed by atoms with Crippen molar-refractivity contribution in [1.29, 1.82) is 0 Å². The van der Waals surface area contributed by atoms with Crippen molar-refractivity contribution in [3.63, 3.8) is 0 Å². The Labute approximate surface area is 185 Å². The van der Waals surface area contributed by atoms with Crippen molar-refractivity contribution in [3.05, 3.63) is 34.3 Å². The van der Waals surface area contributed by atoms with Gasteiger partial charge in [-0.15, -0.1) is 0 Å². The van der Waals surface area contributed by atoms with Crippen LogP contribution in [0.2, 0.25) is 0 Å². The SMILES string of the molecule is COC[C@H]1OC(=O)/C(=C\O)C2=C(O)C(=O)C3=C([C@H](OC(C)=O)C[C@]4(C)[C@@H](O)CC[C@@H]34)[C@]21C. The second kappa shape index (κ2) is 7.45. The minimum Gasteiger partial charge on any atom is -0.515 e. The molecule has 0 aromatic heterocycles. The summed E-state index contributed by atoms with van der Waals surface area (Å²) in [5.41, 5.74) is -1.74. The molecule has 1 aliphatic heterocycles. The number of carbonyl (C=O) groups is 3. The maximum Gasteiger partial charge on any atom is 0.342 e. The zero-order chi connectivity index (χ0) is 23.6. The molecule has 174 valence electrons. The van der Waals surface area contributed by atoms with Crippen LogP contribution in [-0.4, -0.2) is 65.1 Å². The van der Waals surface area contributed by atoms with Crippen LogP contribution in [0, 0.1) is 16.7 Å². The highest BCUT2D eigenvalue weighted by Gasteiger charge is 2.64. The maximum atomic E-state index is 13.5. The van der Waals surface area contributed by atoms with Crippen LogP contribution in [-0.2, 0) is 28.6 Å². The zero-order valence-electron chi connectivity index (χ0n) is 18.5. The van der Waals surface area contributed by atoms with Gasteiger partial charge in [0.1, 0.15) is 17.8 Å². The number of esters is 2. The molecule has 3 N–H and O–H groups in total. The molecule has 32 heavy (non-hydrogen) atoms. The van der Waals surface area contributed by atoms with E-state index in [0.717, 1.165) is 0 Å². The van der Waals surface area contributed by atoms with Gasteiger partial charge in [0.15, 0.2) is 5.76 Å². The third kappa shape index (κ3) is 2.80. The summed E-state index contributed by atoms with van der Waals surface area (Å²) in [7, 11) is 1.43. The number of fused-ring (bicyclic) bond motifs is 4. The van der Waals surface area contributed by atoms with Crippen LogP contribution in [0.3, 0.4) is 0 Å². The van der Waals surface area contributed by atoms with Crippen LogP contribution >= 0.6 is 0 Å². The van der Waals surface area contributed by atoms with Crippen molar-refractivity contribution in [2.45, 2.75) is 58.3 Å². The van der Waals surface area contributed by atoms with Gasteiger partial charge in [-0.1, -0.05) is 6.92 Å². The second-order valence-corrected chi connectivity index (χ2v) is 9.43. The Balaban J connectivity index is 2.03. The molecule has 0 bridgehead atoms. The van der Waals surface area contributed by atoms with Crippen LogP contribution in [0.1, 0.15) is 40.0 Å². The first-order chi connectivity index (χ1) is 15.0. The van der Waals surface area contributed by atoms with Crippen molar-refractivity contribution in [2.24, 2.45) is 16.7 Å². The molecule has 4 rings (SSSR count). The van der Waals surface area contributed by atoms with E-state index in [1.54, 1.807) is 6.92 Å². The van der Waals surface area contributed by atoms with Gasteiger partial charge in [-0.05, 0) is 37.7 Å². The molecule has 4 aliphatic rings. The molecule has 1 saturated carbocycles. The molecular formula is C23H28O9. The Kier molecular flexibility index (Phi) is 5.25. The van der Waals surface area contributed by atoms with E-state index >= 15 is 0 Å². The molecule has 0 aromatic carbocycles. The molecule has 0 amide bonds. The van der Waals surface area contributed by atoms with E-state index in [0.29, 0.717) is 24.7 Å². The number of cyclic esters (lactones) is 1. The Bertz CT molecular complexity index is 989. The minimum absolute atomic E-state index is 0.0555. The maximum absolute atomic E-state index is 13.5. The highest BCUT2D eigenvalue weighted by Crippen LogP contribution is 2.63. The third-order valence-corrected chi connectivity index (χ3v) is 7.79. The van der Waals surface area contributed by atoms with Crippen LogP contribution in [0.15, 0.2) is 34.3 Å². The number of Topliss-reactive ketones (excluding diaryl/α,β-unsaturated/α-hetero) is 1. The normalized spacial score (nSPS) is 40.1. The van der Waals surface area contributed by atoms with Gasteiger partial charge in [0.25, 0.3) is 0 Å². The Hall–Kier alpha value is -2.65. The van der Waals surface area contributed by atoms with Crippen molar-refractivity contribution < 1.29 is 43.9 Å². The largest absolute Gasteiger partial charge is 0.515 e. The van der Waals surface area contributed by atoms with E-state index < -0.39 is 52.6 Å². The average Bonchev–Trinajstić information content (AvgIpc) is 3.01. The number of ether oxygens (including phenoxy) is 3. The van der Waals surface area contributed by atoms with Crippen molar-refractivity contribution in [1.82, 2.24) is 0 Å². The fourth-order valence-corrected chi connectivity index (χ4v) is 6.27. The predicted molar refractivity (Wildman–Crippen MR) is 109 cm³/mol. The van der Waals surface area contributed by atoms with E-state index in [1.807, 2.05) is 6.92 Å². The zero-order valence-corrected chi connectivity index (χ0v) is 18.5. The number of hydrogen-bond donors (Lipinski definition) is 3. The number of allylic oxidation sites excluding steroid dienone is 1. The monoisotopic (exact) mass is 448 g/mol. The lowest BCUT2D eigenvalue weighted by atomic mass is 9.53. The van der Waals surface area contributed by atoms with E-state index in [2.05, 4.69) is 0 Å². The second-order valence-electron chi connectivity index (χ2n) is 9.43. The lowest BCUT2D eigenvalue weighted by Gasteiger charge is -2.53. The van der Waals surface area contributed by atoms with Crippen molar-refractivity contribution in [2.75, 3.05) is 13.7 Å². The molecule has 0 radical (unpaired) electrons. The molecule has 9 nitrogen and oxygen atoms in total. The fraction of sp³-hybridized carbons (Fsp3) is 0.609. The number of rotatable bonds is 3. The smallest absolute Gasteiger partial charge is 0.342 e. The molecule has 0 unspecified atom stereocenters. The van der Waals surface area contributed by atoms with Crippen LogP contribution in [0.25, 0.3) is 0 Å². The predicted octanol–water partition coefficient (Wildman–Crippen LogP) is 1.81. The van der Waals surface area contributed by atoms with Gasteiger partial charge >= 0.3 is 11.9 Å². The first-order valence-electron chi connectivity index (χ1n) is 10.6. The Morgan fingerprint density at radius 2 is 1.97 bits per heavy atom. The standard InChI is InChI=1S/C23H28O9/c1-10(25)31-13-7-22(2)12(5-6-14(22)26)16-18(13)23(3)15(9-30-4)32-21(29)11(8-24)17(23)20(28)19(16)27/h8,12-15,24,26,28H,5-7,9H2,1-4H3/b11-8-/t12-,13+,14-,15+,22-,23-/m0/s1. The summed E-state index contributed by atoms with van der Waals surface area (Å²) >= 11 is 0. The first-order valence-corrected chi connectivity index (χ1v) is 10.6. The molecule has 0 spiro atoms. The summed E-state index contributed by atoms with van der Waals surface area (Å²) in [6.45, 7) is 4.74. The van der Waals surface area contributed by atoms with Gasteiger partial charge in [-0.2, -0.15) is 0 Å². The van der Waals surface area contributed by atoms with Crippen molar-refractivity contribution in [3.8, 4) is 0 Å². The third-order valence-electron chi connectivity index (χ3n) is 7.79.